The van der Waals surface area contributed by atoms with Gasteiger partial charge in [0.15, 0.2) is 0 Å². The number of methoxy groups -OCH3 is 5. The van der Waals surface area contributed by atoms with E-state index in [9.17, 15) is 43.7 Å². The summed E-state index contributed by atoms with van der Waals surface area (Å²) in [5, 5.41) is 35.8. The third kappa shape index (κ3) is 22.9. The lowest BCUT2D eigenvalue weighted by molar-refractivity contribution is -0.137. The van der Waals surface area contributed by atoms with Crippen molar-refractivity contribution < 1.29 is 67.7 Å². The van der Waals surface area contributed by atoms with Crippen LogP contribution in [0.2, 0.25) is 0 Å². The topological polar surface area (TPSA) is 381 Å². The van der Waals surface area contributed by atoms with Gasteiger partial charge in [0.2, 0.25) is 36.2 Å². The number of nitrogens with one attached hydrogen (secondary N) is 3. The highest BCUT2D eigenvalue weighted by Crippen LogP contribution is 2.37. The fourth-order valence-electron chi connectivity index (χ4n) is 13.4. The van der Waals surface area contributed by atoms with E-state index in [-0.39, 0.29) is 63.0 Å². The minimum Gasteiger partial charge on any atom is -0.491 e. The Morgan fingerprint density at radius 3 is 1.17 bits per heavy atom. The van der Waals surface area contributed by atoms with Crippen LogP contribution >= 0.6 is 23.5 Å². The first kappa shape index (κ1) is 89.9. The van der Waals surface area contributed by atoms with Gasteiger partial charge in [-0.05, 0) is 118 Å². The molecule has 0 spiro atoms. The van der Waals surface area contributed by atoms with E-state index in [1.165, 1.54) is 52.8 Å². The molecule has 115 heavy (non-hydrogen) atoms. The molecule has 6 aliphatic heterocycles. The molecule has 3 N–H and O–H groups in total. The molecule has 12 heterocycles. The number of nitrogens with zero attached hydrogens (tertiary/aromatic N) is 18. The predicted octanol–water partition coefficient (Wildman–Crippen LogP) is 8.55. The second-order valence-corrected chi connectivity index (χ2v) is 29.2. The maximum atomic E-state index is 14.0. The molecule has 6 aromatic rings. The number of aryl methyl sites for hydroxylation is 3. The van der Waals surface area contributed by atoms with Gasteiger partial charge in [-0.3, -0.25) is 59.7 Å². The number of urea groups is 3. The maximum Gasteiger partial charge on any atom is 0.328 e. The molecule has 12 rings (SSSR count). The fraction of sp³-hybridized carbons (Fsp3) is 0.500. The van der Waals surface area contributed by atoms with Gasteiger partial charge in [0, 0.05) is 137 Å². The standard InChI is InChI=1S/C27H35N7O5S.C25H31N7O4S.C24H28FN7O4.2CH4.H2/c1-32-8-9-33(23(35)17-32)16-19-12-18-6-5-7-34(25(18)31-24(19)26(37-2)38-3)27(36)30-22-13-21(39-10-11-40-4)20(14-28)15-29-22;1-30-7-8-31(22(33)16-30)15-18-11-17-5-4-6-32(23(17)29-24(18)35-2)25(34)28-21-12-20(36-9-10-37-3)19(13-26)14-27-21;1-30-7-8-31(20(33)14-30)13-16-9-15-5-4-6-32(22(15)29-21(16)23(35-2)36-3)24(34)28-19-10-18(25)17(11-26)12-27-19;;;/h12-13,15,26H,5-11,16-17H2,1-4H3,(H,29,30,36);11-12,14H,4-10,15-16H2,1-3H3,(H,27,28,34);9-10,12,23H,4-8,13-14H2,1-3H3,(H,27,28,34);2*1H4;1H/i;;;;;1+1. The normalized spacial score (nSPS) is 15.5. The van der Waals surface area contributed by atoms with Gasteiger partial charge in [-0.15, -0.1) is 0 Å². The summed E-state index contributed by atoms with van der Waals surface area (Å²) in [6.07, 6.45) is 10.6. The van der Waals surface area contributed by atoms with E-state index in [4.69, 9.17) is 48.4 Å². The largest absolute Gasteiger partial charge is 0.491 e. The van der Waals surface area contributed by atoms with Crippen LogP contribution in [0.3, 0.4) is 0 Å². The van der Waals surface area contributed by atoms with Crippen molar-refractivity contribution in [1.82, 2.24) is 59.3 Å². The number of carbonyl (C=O) groups excluding carboxylic acids is 6. The summed E-state index contributed by atoms with van der Waals surface area (Å²) in [5.41, 5.74) is 6.51. The number of hydrogen-bond acceptors (Lipinski definition) is 27. The number of halogens is 1. The average Bonchev–Trinajstić information content (AvgIpc) is 0.786. The first-order chi connectivity index (χ1) is 54.6. The molecular weight excluding hydrogens is 1520 g/mol. The van der Waals surface area contributed by atoms with Crippen LogP contribution in [-0.4, -0.2) is 268 Å². The van der Waals surface area contributed by atoms with Crippen molar-refractivity contribution >= 4 is 94.2 Å². The van der Waals surface area contributed by atoms with Crippen LogP contribution in [0.15, 0.2) is 55.0 Å². The number of likely N-dealkylation sites (N-methyl/N-ethyl adjacent to an activating group) is 3. The van der Waals surface area contributed by atoms with Crippen LogP contribution in [0.5, 0.6) is 17.4 Å². The molecule has 618 valence electrons. The van der Waals surface area contributed by atoms with Crippen LogP contribution in [0.25, 0.3) is 0 Å². The monoisotopic (exact) mass is 1630 g/mol. The molecule has 9 amide bonds. The van der Waals surface area contributed by atoms with E-state index < -0.39 is 30.5 Å². The number of carbonyl (C=O) groups is 6. The molecule has 6 aliphatic rings. The average molecular weight is 1630 g/mol. The Balaban J connectivity index is 0.000000238. The second-order valence-electron chi connectivity index (χ2n) is 27.2. The highest BCUT2D eigenvalue weighted by Gasteiger charge is 2.35. The lowest BCUT2D eigenvalue weighted by Gasteiger charge is -2.34. The fourth-order valence-corrected chi connectivity index (χ4v) is 13.9. The Labute approximate surface area is 680 Å². The number of aromatic nitrogens is 6. The highest BCUT2D eigenvalue weighted by molar-refractivity contribution is 7.98. The van der Waals surface area contributed by atoms with E-state index in [1.807, 2.05) is 76.4 Å². The van der Waals surface area contributed by atoms with E-state index in [0.29, 0.717) is 162 Å². The summed E-state index contributed by atoms with van der Waals surface area (Å²) in [6.45, 7) is 8.70. The smallest absolute Gasteiger partial charge is 0.328 e. The zero-order valence-electron chi connectivity index (χ0n) is 65.1. The molecule has 0 atom stereocenters. The van der Waals surface area contributed by atoms with Crippen LogP contribution < -0.4 is 44.9 Å². The van der Waals surface area contributed by atoms with Gasteiger partial charge in [-0.2, -0.15) is 44.3 Å². The second kappa shape index (κ2) is 43.2. The van der Waals surface area contributed by atoms with Crippen LogP contribution in [0.1, 0.15) is 110 Å². The Morgan fingerprint density at radius 2 is 0.835 bits per heavy atom. The maximum absolute atomic E-state index is 14.0. The Kier molecular flexibility index (Phi) is 33.7. The quantitative estimate of drug-likeness (QED) is 0.0377. The Hall–Kier alpha value is -10.7. The number of amides is 9. The van der Waals surface area contributed by atoms with Gasteiger partial charge in [-0.1, -0.05) is 14.9 Å². The number of ether oxygens (including phenoxy) is 7. The zero-order chi connectivity index (χ0) is 80.8. The van der Waals surface area contributed by atoms with Crippen molar-refractivity contribution in [3.8, 4) is 35.6 Å². The minimum absolute atomic E-state index is 0. The summed E-state index contributed by atoms with van der Waals surface area (Å²) in [6, 6.07) is 14.6. The Bertz CT molecular complexity index is 4570. The summed E-state index contributed by atoms with van der Waals surface area (Å²) >= 11 is 3.27. The van der Waals surface area contributed by atoms with Crippen LogP contribution in [0.4, 0.5) is 53.7 Å². The van der Waals surface area contributed by atoms with Crippen LogP contribution in [0, 0.1) is 39.8 Å². The van der Waals surface area contributed by atoms with E-state index in [0.717, 1.165) is 102 Å². The van der Waals surface area contributed by atoms with Gasteiger partial charge >= 0.3 is 18.1 Å². The molecule has 3 saturated heterocycles. The number of fused-ring (bicyclic) bond motifs is 3. The lowest BCUT2D eigenvalue weighted by atomic mass is 10.0. The molecule has 6 aromatic heterocycles. The minimum atomic E-state index is -0.797. The van der Waals surface area contributed by atoms with Crippen molar-refractivity contribution in [3.63, 3.8) is 0 Å². The summed E-state index contributed by atoms with van der Waals surface area (Å²) < 4.78 is 53.1. The predicted molar refractivity (Wildman–Crippen MR) is 436 cm³/mol. The lowest BCUT2D eigenvalue weighted by Crippen LogP contribution is -2.48. The van der Waals surface area contributed by atoms with Crippen molar-refractivity contribution in [2.75, 3.05) is 203 Å². The first-order valence-electron chi connectivity index (χ1n) is 36.6. The third-order valence-corrected chi connectivity index (χ3v) is 20.5. The molecule has 0 radical (unpaired) electrons. The van der Waals surface area contributed by atoms with E-state index in [2.05, 4.69) is 48.0 Å². The van der Waals surface area contributed by atoms with Crippen molar-refractivity contribution in [2.45, 2.75) is 85.6 Å². The number of nitriles is 3. The van der Waals surface area contributed by atoms with Gasteiger partial charge in [0.1, 0.15) is 98.5 Å². The SMILES string of the molecule is C.C.COC(OC)c1nc2c(cc1CN1CCN(C)CC1=O)CCCN2C(=O)Nc1cc(F)c(C#N)cn1.COC(OC)c1nc2c(cc1CN1CCN(C)CC1=O)CCCN2C(=O)Nc1cc(OCCSC)c(C#N)cn1.COc1nc2c(cc1CN1CCN(C)CC1=O)CCCN2C(=O)Nc1cc(OCCSC)c(C#N)cn1.[2HH]. The molecule has 0 aromatic carbocycles. The number of thioether (sulfide) groups is 2. The number of rotatable bonds is 24. The number of anilines is 6. The van der Waals surface area contributed by atoms with Gasteiger partial charge < -0.3 is 47.9 Å². The summed E-state index contributed by atoms with van der Waals surface area (Å²) in [4.78, 5) is 120. The molecule has 0 saturated carbocycles. The van der Waals surface area contributed by atoms with Gasteiger partial charge in [0.05, 0.1) is 65.1 Å². The van der Waals surface area contributed by atoms with Crippen molar-refractivity contribution in [3.05, 3.63) is 122 Å². The van der Waals surface area contributed by atoms with Crippen molar-refractivity contribution in [1.29, 1.82) is 15.8 Å². The first-order valence-corrected chi connectivity index (χ1v) is 39.4. The summed E-state index contributed by atoms with van der Waals surface area (Å²) in [5.74, 6) is 4.09. The third-order valence-electron chi connectivity index (χ3n) is 19.3. The number of pyridine rings is 6. The van der Waals surface area contributed by atoms with E-state index >= 15 is 0 Å². The highest BCUT2D eigenvalue weighted by atomic mass is 32.2. The molecule has 0 unspecified atom stereocenters. The molecule has 0 aliphatic carbocycles. The molecule has 37 heteroatoms. The zero-order valence-corrected chi connectivity index (χ0v) is 66.7. The van der Waals surface area contributed by atoms with Crippen LogP contribution in [-0.2, 0) is 72.2 Å². The number of hydrogen-bond donors (Lipinski definition) is 3. The van der Waals surface area contributed by atoms with E-state index in [1.54, 1.807) is 56.4 Å². The Morgan fingerprint density at radius 1 is 0.496 bits per heavy atom. The number of piperazine rings is 3. The van der Waals surface area contributed by atoms with Crippen molar-refractivity contribution in [2.24, 2.45) is 0 Å². The molecule has 34 nitrogen and oxygen atoms in total. The molecule has 0 bridgehead atoms. The van der Waals surface area contributed by atoms with Gasteiger partial charge in [-0.25, -0.2) is 43.7 Å². The molecular formula is C78H104FN21O13S2. The summed E-state index contributed by atoms with van der Waals surface area (Å²) in [7, 11) is 13.4. The van der Waals surface area contributed by atoms with Gasteiger partial charge in [0.25, 0.3) is 0 Å². The molecule has 3 fully saturated rings.